The minimum absolute atomic E-state index is 0.135. The zero-order chi connectivity index (χ0) is 20.9. The van der Waals surface area contributed by atoms with E-state index in [2.05, 4.69) is 10.3 Å². The molecule has 2 aromatic heterocycles. The Kier molecular flexibility index (Phi) is 5.67. The number of benzene rings is 2. The normalized spacial score (nSPS) is 10.7. The van der Waals surface area contributed by atoms with Gasteiger partial charge in [-0.15, -0.1) is 11.3 Å². The maximum atomic E-state index is 12.3. The number of ether oxygens (including phenoxy) is 1. The molecule has 7 nitrogen and oxygen atoms in total. The lowest BCUT2D eigenvalue weighted by molar-refractivity contribution is -0.143. The summed E-state index contributed by atoms with van der Waals surface area (Å²) in [5, 5.41) is 4.28. The Balaban J connectivity index is 1.30. The molecule has 2 aromatic carbocycles. The van der Waals surface area contributed by atoms with E-state index in [-0.39, 0.29) is 24.6 Å². The van der Waals surface area contributed by atoms with Crippen molar-refractivity contribution in [3.05, 3.63) is 93.9 Å². The molecule has 4 rings (SSSR count). The minimum atomic E-state index is -0.613. The number of carbonyl (C=O) groups is 2. The quantitative estimate of drug-likeness (QED) is 0.486. The van der Waals surface area contributed by atoms with Gasteiger partial charge in [-0.3, -0.25) is 18.8 Å². The summed E-state index contributed by atoms with van der Waals surface area (Å²) in [7, 11) is 0. The molecule has 150 valence electrons. The Hall–Kier alpha value is -3.78. The van der Waals surface area contributed by atoms with Gasteiger partial charge in [-0.25, -0.2) is 4.98 Å². The highest BCUT2D eigenvalue weighted by Gasteiger charge is 2.11. The SMILES string of the molecule is O=C(CNC(=O)c1ccc(-c2ccccc2)cc1)OCc1cc(=O)n2ccsc2n1. The van der Waals surface area contributed by atoms with Crippen molar-refractivity contribution in [2.24, 2.45) is 0 Å². The Labute approximate surface area is 175 Å². The Morgan fingerprint density at radius 3 is 2.53 bits per heavy atom. The van der Waals surface area contributed by atoms with Crippen LogP contribution in [0.3, 0.4) is 0 Å². The van der Waals surface area contributed by atoms with Crippen molar-refractivity contribution in [3.63, 3.8) is 0 Å². The number of aromatic nitrogens is 2. The number of thiazole rings is 1. The molecule has 0 bridgehead atoms. The van der Waals surface area contributed by atoms with E-state index in [1.54, 1.807) is 23.7 Å². The summed E-state index contributed by atoms with van der Waals surface area (Å²) in [5.74, 6) is -0.986. The smallest absolute Gasteiger partial charge is 0.325 e. The minimum Gasteiger partial charge on any atom is -0.458 e. The van der Waals surface area contributed by atoms with Crippen molar-refractivity contribution in [2.75, 3.05) is 6.54 Å². The third-order valence-corrected chi connectivity index (χ3v) is 5.14. The molecule has 2 heterocycles. The summed E-state index contributed by atoms with van der Waals surface area (Å²) in [6, 6.07) is 18.3. The van der Waals surface area contributed by atoms with Crippen molar-refractivity contribution < 1.29 is 14.3 Å². The highest BCUT2D eigenvalue weighted by Crippen LogP contribution is 2.19. The van der Waals surface area contributed by atoms with Crippen LogP contribution in [0, 0.1) is 0 Å². The van der Waals surface area contributed by atoms with Gasteiger partial charge in [0, 0.05) is 23.2 Å². The molecule has 0 saturated carbocycles. The second-order valence-electron chi connectivity index (χ2n) is 6.43. The third kappa shape index (κ3) is 4.44. The van der Waals surface area contributed by atoms with Gasteiger partial charge in [-0.1, -0.05) is 42.5 Å². The van der Waals surface area contributed by atoms with Crippen LogP contribution >= 0.6 is 11.3 Å². The van der Waals surface area contributed by atoms with Gasteiger partial charge >= 0.3 is 5.97 Å². The molecule has 0 unspecified atom stereocenters. The van der Waals surface area contributed by atoms with Crippen molar-refractivity contribution in [3.8, 4) is 11.1 Å². The van der Waals surface area contributed by atoms with Gasteiger partial charge in [0.05, 0.1) is 5.69 Å². The van der Waals surface area contributed by atoms with E-state index in [0.717, 1.165) is 11.1 Å². The zero-order valence-corrected chi connectivity index (χ0v) is 16.6. The maximum Gasteiger partial charge on any atom is 0.325 e. The van der Waals surface area contributed by atoms with Crippen LogP contribution in [0.1, 0.15) is 16.1 Å². The lowest BCUT2D eigenvalue weighted by Gasteiger charge is -2.07. The maximum absolute atomic E-state index is 12.3. The van der Waals surface area contributed by atoms with E-state index in [1.807, 2.05) is 42.5 Å². The van der Waals surface area contributed by atoms with Crippen LogP contribution < -0.4 is 10.9 Å². The number of carbonyl (C=O) groups excluding carboxylic acids is 2. The van der Waals surface area contributed by atoms with E-state index in [4.69, 9.17) is 4.74 Å². The second kappa shape index (κ2) is 8.71. The molecule has 0 aliphatic carbocycles. The van der Waals surface area contributed by atoms with Gasteiger partial charge in [0.2, 0.25) is 0 Å². The van der Waals surface area contributed by atoms with E-state index in [1.165, 1.54) is 21.8 Å². The molecular formula is C22H17N3O4S. The predicted octanol–water partition coefficient (Wildman–Crippen LogP) is 2.90. The Bertz CT molecular complexity index is 1250. The standard InChI is InChI=1S/C22H17N3O4S/c26-19-12-18(24-22-25(19)10-11-30-22)14-29-20(27)13-23-21(28)17-8-6-16(7-9-17)15-4-2-1-3-5-15/h1-12H,13-14H2,(H,23,28). The van der Waals surface area contributed by atoms with Gasteiger partial charge in [0.1, 0.15) is 13.2 Å². The van der Waals surface area contributed by atoms with Crippen LogP contribution in [0.5, 0.6) is 0 Å². The van der Waals surface area contributed by atoms with Crippen LogP contribution in [-0.4, -0.2) is 27.8 Å². The molecule has 0 atom stereocenters. The Morgan fingerprint density at radius 2 is 1.77 bits per heavy atom. The number of esters is 1. The second-order valence-corrected chi connectivity index (χ2v) is 7.30. The molecule has 0 aliphatic heterocycles. The molecule has 1 amide bonds. The Morgan fingerprint density at radius 1 is 1.03 bits per heavy atom. The monoisotopic (exact) mass is 419 g/mol. The van der Waals surface area contributed by atoms with Crippen LogP contribution in [-0.2, 0) is 16.1 Å². The van der Waals surface area contributed by atoms with Gasteiger partial charge < -0.3 is 10.1 Å². The number of nitrogens with zero attached hydrogens (tertiary/aromatic N) is 2. The fourth-order valence-corrected chi connectivity index (χ4v) is 3.61. The molecular weight excluding hydrogens is 402 g/mol. The van der Waals surface area contributed by atoms with Crippen molar-refractivity contribution in [2.45, 2.75) is 6.61 Å². The van der Waals surface area contributed by atoms with Gasteiger partial charge in [0.15, 0.2) is 4.96 Å². The summed E-state index contributed by atoms with van der Waals surface area (Å²) < 4.78 is 6.53. The highest BCUT2D eigenvalue weighted by molar-refractivity contribution is 7.15. The molecule has 30 heavy (non-hydrogen) atoms. The van der Waals surface area contributed by atoms with E-state index in [9.17, 15) is 14.4 Å². The fraction of sp³-hybridized carbons (Fsp3) is 0.0909. The number of rotatable bonds is 6. The lowest BCUT2D eigenvalue weighted by Crippen LogP contribution is -2.30. The average Bonchev–Trinajstić information content (AvgIpc) is 3.26. The first-order chi connectivity index (χ1) is 14.6. The molecule has 0 aliphatic rings. The van der Waals surface area contributed by atoms with Gasteiger partial charge in [0.25, 0.3) is 11.5 Å². The number of amides is 1. The lowest BCUT2D eigenvalue weighted by atomic mass is 10.0. The van der Waals surface area contributed by atoms with Gasteiger partial charge in [-0.05, 0) is 23.3 Å². The first-order valence-electron chi connectivity index (χ1n) is 9.15. The van der Waals surface area contributed by atoms with E-state index >= 15 is 0 Å². The summed E-state index contributed by atoms with van der Waals surface area (Å²) in [5.41, 5.74) is 2.62. The molecule has 0 fully saturated rings. The summed E-state index contributed by atoms with van der Waals surface area (Å²) in [4.78, 5) is 40.9. The number of hydrogen-bond donors (Lipinski definition) is 1. The average molecular weight is 419 g/mol. The topological polar surface area (TPSA) is 89.8 Å². The molecule has 1 N–H and O–H groups in total. The number of hydrogen-bond acceptors (Lipinski definition) is 6. The third-order valence-electron chi connectivity index (χ3n) is 4.38. The summed E-state index contributed by atoms with van der Waals surface area (Å²) >= 11 is 1.32. The predicted molar refractivity (Wildman–Crippen MR) is 113 cm³/mol. The molecule has 4 aromatic rings. The molecule has 0 radical (unpaired) electrons. The van der Waals surface area contributed by atoms with Crippen molar-refractivity contribution in [1.82, 2.24) is 14.7 Å². The zero-order valence-electron chi connectivity index (χ0n) is 15.8. The first-order valence-corrected chi connectivity index (χ1v) is 10.0. The van der Waals surface area contributed by atoms with Gasteiger partial charge in [-0.2, -0.15) is 0 Å². The van der Waals surface area contributed by atoms with Crippen LogP contribution in [0.25, 0.3) is 16.1 Å². The number of fused-ring (bicyclic) bond motifs is 1. The van der Waals surface area contributed by atoms with Crippen LogP contribution in [0.2, 0.25) is 0 Å². The van der Waals surface area contributed by atoms with Crippen molar-refractivity contribution in [1.29, 1.82) is 0 Å². The fourth-order valence-electron chi connectivity index (χ4n) is 2.87. The van der Waals surface area contributed by atoms with Crippen molar-refractivity contribution >= 4 is 28.2 Å². The van der Waals surface area contributed by atoms with Crippen LogP contribution in [0.15, 0.2) is 77.0 Å². The largest absolute Gasteiger partial charge is 0.458 e. The molecule has 0 saturated heterocycles. The summed E-state index contributed by atoms with van der Waals surface area (Å²) in [6.07, 6.45) is 1.63. The summed E-state index contributed by atoms with van der Waals surface area (Å²) in [6.45, 7) is -0.413. The molecule has 0 spiro atoms. The molecule has 8 heteroatoms. The first kappa shape index (κ1) is 19.5. The van der Waals surface area contributed by atoms with Crippen LogP contribution in [0.4, 0.5) is 0 Å². The number of nitrogens with one attached hydrogen (secondary N) is 1. The highest BCUT2D eigenvalue weighted by atomic mass is 32.1. The van der Waals surface area contributed by atoms with E-state index in [0.29, 0.717) is 16.2 Å². The van der Waals surface area contributed by atoms with E-state index < -0.39 is 5.97 Å².